The Kier molecular flexibility index (Phi) is 17.5. The van der Waals surface area contributed by atoms with Crippen LogP contribution in [0.3, 0.4) is 0 Å². The Morgan fingerprint density at radius 3 is 1.34 bits per heavy atom. The highest BCUT2D eigenvalue weighted by atomic mass is 16.8. The lowest BCUT2D eigenvalue weighted by molar-refractivity contribution is -0.376. The zero-order valence-corrected chi connectivity index (χ0v) is 30.9. The largest absolute Gasteiger partial charge is 0.459 e. The highest BCUT2D eigenvalue weighted by Crippen LogP contribution is 2.29. The molecule has 59 heavy (non-hydrogen) atoms. The van der Waals surface area contributed by atoms with Crippen LogP contribution in [-0.4, -0.2) is 117 Å². The molecule has 10 atom stereocenters. The van der Waals surface area contributed by atoms with Crippen LogP contribution in [0.2, 0.25) is 0 Å². The average Bonchev–Trinajstić information content (AvgIpc) is 3.24. The summed E-state index contributed by atoms with van der Waals surface area (Å²) in [6, 6.07) is 15.0. The average molecular weight is 796 g/mol. The Labute approximate surface area is 340 Å². The molecule has 0 amide bonds. The molecule has 0 unspecified atom stereocenters. The number of anilines is 1. The summed E-state index contributed by atoms with van der Waals surface area (Å²) < 4.78 is 27.2. The summed E-state index contributed by atoms with van der Waals surface area (Å²) in [5.41, 5.74) is 1.76. The van der Waals surface area contributed by atoms with Gasteiger partial charge in [-0.05, 0) is 90.7 Å². The SMILES string of the molecule is C#CC#CC#CC#CC#CC#CC#CC#CC#CNc1ccc(C(=O)OC[C@H]2O[C@H](O[C@H]3O[C@H](COC(=O)c4ccc(C)cc4)[C@@H](O)[C@H](O)[C@H]3O)[C@H](O)[C@@H](O)[C@@H]2O)cc1. The number of nitrogens with one attached hydrogen (secondary N) is 1. The van der Waals surface area contributed by atoms with Gasteiger partial charge < -0.3 is 59.6 Å². The van der Waals surface area contributed by atoms with E-state index in [0.717, 1.165) is 5.56 Å². The third-order valence-corrected chi connectivity index (χ3v) is 7.99. The van der Waals surface area contributed by atoms with Crippen LogP contribution in [0, 0.1) is 114 Å². The second kappa shape index (κ2) is 23.2. The van der Waals surface area contributed by atoms with Crippen LogP contribution in [0.1, 0.15) is 26.3 Å². The van der Waals surface area contributed by atoms with Gasteiger partial charge in [-0.2, -0.15) is 0 Å². The topological polar surface area (TPSA) is 214 Å². The number of ether oxygens (including phenoxy) is 5. The number of hydrogen-bond acceptors (Lipinski definition) is 14. The van der Waals surface area contributed by atoms with Crippen molar-refractivity contribution in [2.24, 2.45) is 0 Å². The van der Waals surface area contributed by atoms with Crippen LogP contribution in [0.5, 0.6) is 0 Å². The number of hydrogen-bond donors (Lipinski definition) is 7. The van der Waals surface area contributed by atoms with Crippen molar-refractivity contribution in [1.82, 2.24) is 0 Å². The van der Waals surface area contributed by atoms with Crippen molar-refractivity contribution in [3.63, 3.8) is 0 Å². The van der Waals surface area contributed by atoms with Gasteiger partial charge in [0.15, 0.2) is 12.6 Å². The minimum atomic E-state index is -1.90. The second-order valence-corrected chi connectivity index (χ2v) is 12.1. The first-order chi connectivity index (χ1) is 28.5. The first-order valence-electron chi connectivity index (χ1n) is 17.3. The van der Waals surface area contributed by atoms with Gasteiger partial charge in [-0.15, -0.1) is 6.42 Å². The summed E-state index contributed by atoms with van der Waals surface area (Å²) in [5, 5.41) is 65.9. The van der Waals surface area contributed by atoms with E-state index in [4.69, 9.17) is 30.1 Å². The Morgan fingerprint density at radius 1 is 0.559 bits per heavy atom. The predicted molar refractivity (Wildman–Crippen MR) is 207 cm³/mol. The van der Waals surface area contributed by atoms with Gasteiger partial charge in [-0.1, -0.05) is 17.7 Å². The molecular weight excluding hydrogens is 762 g/mol. The van der Waals surface area contributed by atoms with Crippen molar-refractivity contribution < 1.29 is 63.9 Å². The third kappa shape index (κ3) is 13.8. The van der Waals surface area contributed by atoms with Gasteiger partial charge in [0, 0.05) is 59.1 Å². The zero-order chi connectivity index (χ0) is 42.6. The Bertz CT molecular complexity index is 2400. The van der Waals surface area contributed by atoms with Crippen molar-refractivity contribution in [1.29, 1.82) is 0 Å². The van der Waals surface area contributed by atoms with E-state index in [-0.39, 0.29) is 11.1 Å². The van der Waals surface area contributed by atoms with Crippen molar-refractivity contribution in [2.45, 2.75) is 68.3 Å². The summed E-state index contributed by atoms with van der Waals surface area (Å²) in [6.45, 7) is 0.666. The van der Waals surface area contributed by atoms with Crippen molar-refractivity contribution in [2.75, 3.05) is 18.5 Å². The number of aryl methyl sites for hydroxylation is 1. The molecule has 2 aromatic carbocycles. The molecule has 2 heterocycles. The van der Waals surface area contributed by atoms with Gasteiger partial charge >= 0.3 is 11.9 Å². The molecule has 14 nitrogen and oxygen atoms in total. The number of benzene rings is 2. The predicted octanol–water partition coefficient (Wildman–Crippen LogP) is -1.33. The van der Waals surface area contributed by atoms with E-state index in [9.17, 15) is 40.2 Å². The summed E-state index contributed by atoms with van der Waals surface area (Å²) in [5.74, 6) is 37.5. The molecule has 2 aliphatic heterocycles. The van der Waals surface area contributed by atoms with Crippen molar-refractivity contribution in [3.05, 3.63) is 65.2 Å². The van der Waals surface area contributed by atoms with E-state index >= 15 is 0 Å². The van der Waals surface area contributed by atoms with Crippen LogP contribution < -0.4 is 5.32 Å². The number of aliphatic hydroxyl groups excluding tert-OH is 6. The maximum Gasteiger partial charge on any atom is 0.338 e. The summed E-state index contributed by atoms with van der Waals surface area (Å²) in [4.78, 5) is 25.3. The van der Waals surface area contributed by atoms with Crippen LogP contribution in [-0.2, 0) is 23.7 Å². The molecule has 14 heteroatoms. The molecule has 2 fully saturated rings. The fraction of sp³-hybridized carbons (Fsp3) is 0.289. The molecule has 7 N–H and O–H groups in total. The van der Waals surface area contributed by atoms with Gasteiger partial charge in [0.05, 0.1) is 11.1 Å². The molecule has 2 aliphatic rings. The van der Waals surface area contributed by atoms with Crippen LogP contribution >= 0.6 is 0 Å². The second-order valence-electron chi connectivity index (χ2n) is 12.1. The standard InChI is InChI=1S/C45H33NO13/c1-3-4-5-6-7-8-9-10-11-12-13-14-15-16-17-18-27-46-33-25-23-32(24-26-33)43(54)56-29-35-37(48)39(50)41(52)45(58-35)59-44-40(51)38(49)36(47)34(57-44)28-55-42(53)31-21-19-30(2)20-22-31/h1,19-26,34-41,44-52H,28-29H2,2H3/t34-,35-,36-,37-,38+,39+,40-,41-,44-,45-/m1/s1. The quantitative estimate of drug-likeness (QED) is 0.0891. The van der Waals surface area contributed by atoms with E-state index in [1.807, 2.05) is 6.92 Å². The smallest absolute Gasteiger partial charge is 0.338 e. The molecule has 0 saturated carbocycles. The van der Waals surface area contributed by atoms with E-state index in [1.54, 1.807) is 12.1 Å². The van der Waals surface area contributed by atoms with E-state index in [1.165, 1.54) is 36.4 Å². The van der Waals surface area contributed by atoms with Gasteiger partial charge in [0.25, 0.3) is 0 Å². The molecule has 2 saturated heterocycles. The van der Waals surface area contributed by atoms with E-state index in [2.05, 4.69) is 106 Å². The number of carbonyl (C=O) groups is 2. The Hall–Kier alpha value is -7.14. The first-order valence-corrected chi connectivity index (χ1v) is 17.3. The molecule has 0 radical (unpaired) electrons. The monoisotopic (exact) mass is 795 g/mol. The molecular formula is C45H33NO13. The Balaban J connectivity index is 1.25. The molecule has 296 valence electrons. The highest BCUT2D eigenvalue weighted by molar-refractivity contribution is 5.90. The number of rotatable bonds is 9. The number of esters is 2. The van der Waals surface area contributed by atoms with Crippen molar-refractivity contribution >= 4 is 17.6 Å². The first kappa shape index (κ1) is 44.6. The summed E-state index contributed by atoms with van der Waals surface area (Å²) in [6.07, 6.45) is -12.4. The molecule has 4 rings (SSSR count). The molecule has 2 aromatic rings. The minimum Gasteiger partial charge on any atom is -0.459 e. The third-order valence-electron chi connectivity index (χ3n) is 7.99. The lowest BCUT2D eigenvalue weighted by atomic mass is 9.98. The number of terminal acetylenes is 1. The van der Waals surface area contributed by atoms with Crippen LogP contribution in [0.25, 0.3) is 0 Å². The minimum absolute atomic E-state index is 0.107. The van der Waals surface area contributed by atoms with Gasteiger partial charge in [-0.3, -0.25) is 0 Å². The maximum absolute atomic E-state index is 12.8. The fourth-order valence-electron chi connectivity index (χ4n) is 4.90. The molecule has 0 bridgehead atoms. The molecule has 0 spiro atoms. The highest BCUT2D eigenvalue weighted by Gasteiger charge is 2.50. The van der Waals surface area contributed by atoms with E-state index < -0.39 is 86.6 Å². The number of aliphatic hydroxyl groups is 6. The fourth-order valence-corrected chi connectivity index (χ4v) is 4.90. The zero-order valence-electron chi connectivity index (χ0n) is 30.9. The van der Waals surface area contributed by atoms with Crippen LogP contribution in [0.4, 0.5) is 5.69 Å². The van der Waals surface area contributed by atoms with Crippen molar-refractivity contribution in [3.8, 4) is 107 Å². The summed E-state index contributed by atoms with van der Waals surface area (Å²) in [7, 11) is 0. The Morgan fingerprint density at radius 2 is 0.932 bits per heavy atom. The lowest BCUT2D eigenvalue weighted by Gasteiger charge is -2.44. The molecule has 0 aromatic heterocycles. The van der Waals surface area contributed by atoms with Gasteiger partial charge in [0.2, 0.25) is 0 Å². The normalized spacial score (nSPS) is 24.6. The van der Waals surface area contributed by atoms with E-state index in [0.29, 0.717) is 5.69 Å². The van der Waals surface area contributed by atoms with Gasteiger partial charge in [0.1, 0.15) is 62.0 Å². The lowest BCUT2D eigenvalue weighted by Crippen LogP contribution is -2.64. The maximum atomic E-state index is 12.8. The van der Waals surface area contributed by atoms with Gasteiger partial charge in [-0.25, -0.2) is 9.59 Å². The van der Waals surface area contributed by atoms with Crippen LogP contribution in [0.15, 0.2) is 48.5 Å². The molecule has 0 aliphatic carbocycles. The summed E-state index contributed by atoms with van der Waals surface area (Å²) >= 11 is 0. The number of carbonyl (C=O) groups excluding carboxylic acids is 2.